The molecule has 2 aliphatic heterocycles. The Hall–Kier alpha value is -3.26. The number of carbonyl (C=O) groups excluding carboxylic acids is 1. The van der Waals surface area contributed by atoms with Gasteiger partial charge in [0.1, 0.15) is 11.4 Å². The maximum absolute atomic E-state index is 13.9. The smallest absolute Gasteiger partial charge is 0.379 e. The van der Waals surface area contributed by atoms with Gasteiger partial charge in [0.15, 0.2) is 0 Å². The van der Waals surface area contributed by atoms with Crippen molar-refractivity contribution in [1.82, 2.24) is 19.8 Å². The molecule has 0 atom stereocenters. The quantitative estimate of drug-likeness (QED) is 0.354. The number of hydrogen-bond acceptors (Lipinski definition) is 8. The fourth-order valence-corrected chi connectivity index (χ4v) is 4.44. The number of nitrogens with one attached hydrogen (secondary N) is 2. The number of hydrogen-bond donors (Lipinski definition) is 2. The largest absolute Gasteiger partial charge is 0.421 e. The number of rotatable bonds is 9. The molecule has 1 aromatic carbocycles. The second-order valence-corrected chi connectivity index (χ2v) is 9.46. The Bertz CT molecular complexity index is 1130. The van der Waals surface area contributed by atoms with Gasteiger partial charge in [0.05, 0.1) is 19.6 Å². The second kappa shape index (κ2) is 12.7. The lowest BCUT2D eigenvalue weighted by Crippen LogP contribution is -2.44. The molecule has 3 heterocycles. The van der Waals surface area contributed by atoms with Crippen LogP contribution in [0.5, 0.6) is 0 Å². The van der Waals surface area contributed by atoms with E-state index in [-0.39, 0.29) is 36.1 Å². The summed E-state index contributed by atoms with van der Waals surface area (Å²) in [6.07, 6.45) is -6.28. The lowest BCUT2D eigenvalue weighted by atomic mass is 10.1. The average molecular weight is 558 g/mol. The van der Waals surface area contributed by atoms with Gasteiger partial charge in [-0.15, -0.1) is 0 Å². The number of carbonyl (C=O) groups is 1. The molecule has 0 saturated carbocycles. The van der Waals surface area contributed by atoms with Crippen molar-refractivity contribution in [3.05, 3.63) is 35.5 Å². The number of piperazine rings is 1. The van der Waals surface area contributed by atoms with Gasteiger partial charge in [-0.1, -0.05) is 0 Å². The van der Waals surface area contributed by atoms with Crippen molar-refractivity contribution in [3.63, 3.8) is 0 Å². The van der Waals surface area contributed by atoms with Crippen molar-refractivity contribution >= 4 is 29.0 Å². The normalized spacial score (nSPS) is 17.5. The molecule has 4 rings (SSSR count). The molecule has 9 nitrogen and oxygen atoms in total. The lowest BCUT2D eigenvalue weighted by molar-refractivity contribution is -0.137. The molecule has 2 N–H and O–H groups in total. The summed E-state index contributed by atoms with van der Waals surface area (Å²) in [5.41, 5.74) is -0.716. The van der Waals surface area contributed by atoms with E-state index in [1.165, 1.54) is 12.1 Å². The van der Waals surface area contributed by atoms with E-state index in [1.54, 1.807) is 11.0 Å². The third kappa shape index (κ3) is 7.66. The Labute approximate surface area is 223 Å². The van der Waals surface area contributed by atoms with Crippen LogP contribution in [0.15, 0.2) is 24.4 Å². The van der Waals surface area contributed by atoms with Crippen molar-refractivity contribution in [1.29, 1.82) is 0 Å². The van der Waals surface area contributed by atoms with Crippen LogP contribution in [0.2, 0.25) is 0 Å². The van der Waals surface area contributed by atoms with Crippen LogP contribution in [-0.2, 0) is 15.7 Å². The summed E-state index contributed by atoms with van der Waals surface area (Å²) in [5, 5.41) is 5.33. The van der Waals surface area contributed by atoms with Crippen molar-refractivity contribution < 1.29 is 31.5 Å². The second-order valence-electron chi connectivity index (χ2n) is 9.46. The van der Waals surface area contributed by atoms with E-state index in [0.717, 1.165) is 13.1 Å². The highest BCUT2D eigenvalue weighted by molar-refractivity contribution is 5.76. The Balaban J connectivity index is 1.47. The van der Waals surface area contributed by atoms with Gasteiger partial charge < -0.3 is 30.1 Å². The van der Waals surface area contributed by atoms with Crippen LogP contribution in [0.1, 0.15) is 30.4 Å². The van der Waals surface area contributed by atoms with Crippen LogP contribution in [0.25, 0.3) is 0 Å². The minimum absolute atomic E-state index is 0.00970. The van der Waals surface area contributed by atoms with Gasteiger partial charge >= 0.3 is 6.18 Å². The molecule has 39 heavy (non-hydrogen) atoms. The summed E-state index contributed by atoms with van der Waals surface area (Å²) in [7, 11) is 1.99. The first-order valence-corrected chi connectivity index (χ1v) is 12.8. The van der Waals surface area contributed by atoms with Gasteiger partial charge in [0.25, 0.3) is 6.43 Å². The Kier molecular flexibility index (Phi) is 9.38. The zero-order chi connectivity index (χ0) is 28.0. The van der Waals surface area contributed by atoms with Crippen LogP contribution < -0.4 is 15.5 Å². The minimum atomic E-state index is -4.72. The molecule has 0 spiro atoms. The number of likely N-dealkylation sites (N-methyl/N-ethyl adjacent to an activating group) is 1. The molecular weight excluding hydrogens is 525 g/mol. The van der Waals surface area contributed by atoms with Crippen LogP contribution >= 0.6 is 0 Å². The molecule has 2 saturated heterocycles. The molecular formula is C25H32F5N7O2. The molecule has 2 fully saturated rings. The zero-order valence-electron chi connectivity index (χ0n) is 21.6. The first-order valence-electron chi connectivity index (χ1n) is 12.8. The number of amides is 1. The van der Waals surface area contributed by atoms with Crippen LogP contribution in [-0.4, -0.2) is 91.7 Å². The van der Waals surface area contributed by atoms with E-state index >= 15 is 0 Å². The summed E-state index contributed by atoms with van der Waals surface area (Å²) in [5.74, 6) is -0.789. The van der Waals surface area contributed by atoms with Crippen molar-refractivity contribution in [2.24, 2.45) is 0 Å². The summed E-state index contributed by atoms with van der Waals surface area (Å²) in [4.78, 5) is 25.5. The molecule has 1 amide bonds. The van der Waals surface area contributed by atoms with E-state index in [1.807, 2.05) is 11.9 Å². The molecule has 1 aromatic heterocycles. The topological polar surface area (TPSA) is 85.9 Å². The third-order valence-electron chi connectivity index (χ3n) is 6.70. The van der Waals surface area contributed by atoms with Crippen LogP contribution in [0.4, 0.5) is 45.1 Å². The number of aromatic nitrogens is 2. The molecule has 0 aliphatic carbocycles. The number of alkyl halides is 5. The summed E-state index contributed by atoms with van der Waals surface area (Å²) < 4.78 is 74.0. The highest BCUT2D eigenvalue weighted by Crippen LogP contribution is 2.36. The first kappa shape index (κ1) is 28.7. The van der Waals surface area contributed by atoms with E-state index < -0.39 is 24.0 Å². The number of halogens is 5. The van der Waals surface area contributed by atoms with Crippen molar-refractivity contribution in [2.45, 2.75) is 25.4 Å². The Morgan fingerprint density at radius 3 is 2.59 bits per heavy atom. The standard InChI is InChI=1S/C25H32F5N7O2/c1-35-8-10-36(11-9-35)17-3-4-20(18(15-17)22(26)27)33-24-32-16-19(25(28,29)30)23(34-24)31-6-2-7-37-12-14-39-13-5-21(37)38/h3-4,15-16,22H,2,5-14H2,1H3,(H2,31,32,33,34). The highest BCUT2D eigenvalue weighted by atomic mass is 19.4. The predicted octanol–water partition coefficient (Wildman–Crippen LogP) is 3.98. The van der Waals surface area contributed by atoms with Gasteiger partial charge in [-0.3, -0.25) is 4.79 Å². The van der Waals surface area contributed by atoms with Gasteiger partial charge in [-0.2, -0.15) is 18.2 Å². The lowest BCUT2D eigenvalue weighted by Gasteiger charge is -2.34. The molecule has 2 aliphatic rings. The average Bonchev–Trinajstić information content (AvgIpc) is 3.10. The minimum Gasteiger partial charge on any atom is -0.379 e. The summed E-state index contributed by atoms with van der Waals surface area (Å²) in [6, 6.07) is 4.54. The fraction of sp³-hybridized carbons (Fsp3) is 0.560. The van der Waals surface area contributed by atoms with Gasteiger partial charge in [0.2, 0.25) is 11.9 Å². The van der Waals surface area contributed by atoms with Crippen LogP contribution in [0.3, 0.4) is 0 Å². The number of benzene rings is 1. The molecule has 2 aromatic rings. The predicted molar refractivity (Wildman–Crippen MR) is 137 cm³/mol. The van der Waals surface area contributed by atoms with E-state index in [4.69, 9.17) is 4.74 Å². The summed E-state index contributed by atoms with van der Waals surface area (Å²) in [6.45, 7) is 4.65. The third-order valence-corrected chi connectivity index (χ3v) is 6.70. The molecule has 14 heteroatoms. The molecule has 214 valence electrons. The van der Waals surface area contributed by atoms with E-state index in [9.17, 15) is 26.7 Å². The maximum atomic E-state index is 13.9. The monoisotopic (exact) mass is 557 g/mol. The van der Waals surface area contributed by atoms with Crippen molar-refractivity contribution in [2.75, 3.05) is 81.6 Å². The SMILES string of the molecule is CN1CCN(c2ccc(Nc3ncc(C(F)(F)F)c(NCCCN4CCOCCC4=O)n3)c(C(F)F)c2)CC1. The van der Waals surface area contributed by atoms with E-state index in [0.29, 0.717) is 57.7 Å². The zero-order valence-corrected chi connectivity index (χ0v) is 21.6. The summed E-state index contributed by atoms with van der Waals surface area (Å²) >= 11 is 0. The molecule has 0 unspecified atom stereocenters. The first-order chi connectivity index (χ1) is 18.6. The fourth-order valence-electron chi connectivity index (χ4n) is 4.44. The molecule has 0 radical (unpaired) electrons. The molecule has 0 bridgehead atoms. The van der Waals surface area contributed by atoms with Crippen LogP contribution in [0, 0.1) is 0 Å². The van der Waals surface area contributed by atoms with Gasteiger partial charge in [-0.25, -0.2) is 13.8 Å². The number of ether oxygens (including phenoxy) is 1. The Morgan fingerprint density at radius 2 is 1.87 bits per heavy atom. The number of anilines is 4. The van der Waals surface area contributed by atoms with Gasteiger partial charge in [-0.05, 0) is 31.7 Å². The van der Waals surface area contributed by atoms with Gasteiger partial charge in [0, 0.05) is 68.9 Å². The van der Waals surface area contributed by atoms with Crippen molar-refractivity contribution in [3.8, 4) is 0 Å². The highest BCUT2D eigenvalue weighted by Gasteiger charge is 2.35. The maximum Gasteiger partial charge on any atom is 0.421 e. The van der Waals surface area contributed by atoms with E-state index in [2.05, 4.69) is 25.5 Å². The number of nitrogens with zero attached hydrogens (tertiary/aromatic N) is 5. The Morgan fingerprint density at radius 1 is 1.10 bits per heavy atom.